The van der Waals surface area contributed by atoms with Gasteiger partial charge in [0.05, 0.1) is 11.3 Å². The Morgan fingerprint density at radius 1 is 1.45 bits per heavy atom. The molecule has 7 nitrogen and oxygen atoms in total. The van der Waals surface area contributed by atoms with Gasteiger partial charge >= 0.3 is 5.97 Å². The van der Waals surface area contributed by atoms with E-state index in [1.54, 1.807) is 13.8 Å². The number of nitro groups is 1. The van der Waals surface area contributed by atoms with Crippen LogP contribution in [0.4, 0.5) is 5.69 Å². The zero-order valence-corrected chi connectivity index (χ0v) is 12.7. The SMILES string of the molecule is CCC1C(C)(C)Oc2ccc([N+](=O)[O-])cc2C1(O)CC(=O)O. The van der Waals surface area contributed by atoms with Gasteiger partial charge in [0.15, 0.2) is 0 Å². The summed E-state index contributed by atoms with van der Waals surface area (Å²) in [5.41, 5.74) is -2.55. The highest BCUT2D eigenvalue weighted by Gasteiger charge is 2.53. The number of hydrogen-bond acceptors (Lipinski definition) is 5. The van der Waals surface area contributed by atoms with Crippen LogP contribution in [0.3, 0.4) is 0 Å². The molecule has 2 unspecified atom stereocenters. The molecule has 120 valence electrons. The molecule has 0 radical (unpaired) electrons. The fourth-order valence-electron chi connectivity index (χ4n) is 3.45. The third kappa shape index (κ3) is 2.52. The average molecular weight is 309 g/mol. The van der Waals surface area contributed by atoms with Crippen LogP contribution in [0.15, 0.2) is 18.2 Å². The summed E-state index contributed by atoms with van der Waals surface area (Å²) in [6.07, 6.45) is -0.0641. The Balaban J connectivity index is 2.68. The molecule has 0 spiro atoms. The maximum Gasteiger partial charge on any atom is 0.306 e. The third-order valence-electron chi connectivity index (χ3n) is 4.26. The molecule has 0 saturated carbocycles. The zero-order valence-electron chi connectivity index (χ0n) is 12.7. The van der Waals surface area contributed by atoms with Crippen LogP contribution in [-0.4, -0.2) is 26.7 Å². The van der Waals surface area contributed by atoms with E-state index in [-0.39, 0.29) is 17.0 Å². The predicted molar refractivity (Wildman–Crippen MR) is 77.7 cm³/mol. The van der Waals surface area contributed by atoms with E-state index in [0.29, 0.717) is 6.42 Å². The molecular formula is C15H19NO6. The lowest BCUT2D eigenvalue weighted by atomic mass is 9.68. The summed E-state index contributed by atoms with van der Waals surface area (Å²) in [6.45, 7) is 5.38. The van der Waals surface area contributed by atoms with Gasteiger partial charge in [0.2, 0.25) is 0 Å². The van der Waals surface area contributed by atoms with E-state index in [0.717, 1.165) is 0 Å². The highest BCUT2D eigenvalue weighted by Crippen LogP contribution is 2.51. The summed E-state index contributed by atoms with van der Waals surface area (Å²) in [7, 11) is 0. The fraction of sp³-hybridized carbons (Fsp3) is 0.533. The molecule has 1 aliphatic rings. The van der Waals surface area contributed by atoms with Crippen molar-refractivity contribution in [2.45, 2.75) is 44.8 Å². The number of aliphatic hydroxyl groups is 1. The highest BCUT2D eigenvalue weighted by atomic mass is 16.6. The second kappa shape index (κ2) is 5.24. The van der Waals surface area contributed by atoms with Gasteiger partial charge < -0.3 is 14.9 Å². The van der Waals surface area contributed by atoms with E-state index in [4.69, 9.17) is 4.74 Å². The zero-order chi connectivity index (χ0) is 16.7. The van der Waals surface area contributed by atoms with Crippen LogP contribution in [0.25, 0.3) is 0 Å². The van der Waals surface area contributed by atoms with Gasteiger partial charge in [-0.3, -0.25) is 14.9 Å². The average Bonchev–Trinajstić information content (AvgIpc) is 2.36. The Morgan fingerprint density at radius 2 is 2.09 bits per heavy atom. The van der Waals surface area contributed by atoms with Crippen molar-refractivity contribution in [3.05, 3.63) is 33.9 Å². The van der Waals surface area contributed by atoms with Gasteiger partial charge in [0.1, 0.15) is 17.0 Å². The van der Waals surface area contributed by atoms with Crippen molar-refractivity contribution in [2.75, 3.05) is 0 Å². The molecule has 2 atom stereocenters. The number of nitrogens with zero attached hydrogens (tertiary/aromatic N) is 1. The molecule has 0 aromatic heterocycles. The van der Waals surface area contributed by atoms with E-state index in [1.165, 1.54) is 18.2 Å². The third-order valence-corrected chi connectivity index (χ3v) is 4.26. The van der Waals surface area contributed by atoms with Crippen molar-refractivity contribution in [1.82, 2.24) is 0 Å². The summed E-state index contributed by atoms with van der Waals surface area (Å²) in [4.78, 5) is 21.6. The number of fused-ring (bicyclic) bond motifs is 1. The topological polar surface area (TPSA) is 110 Å². The van der Waals surface area contributed by atoms with Crippen LogP contribution >= 0.6 is 0 Å². The molecule has 0 amide bonds. The summed E-state index contributed by atoms with van der Waals surface area (Å²) < 4.78 is 5.86. The summed E-state index contributed by atoms with van der Waals surface area (Å²) in [5, 5.41) is 31.3. The second-order valence-electron chi connectivity index (χ2n) is 6.10. The molecule has 2 N–H and O–H groups in total. The fourth-order valence-corrected chi connectivity index (χ4v) is 3.45. The molecule has 0 aliphatic carbocycles. The quantitative estimate of drug-likeness (QED) is 0.653. The number of rotatable bonds is 4. The van der Waals surface area contributed by atoms with Gasteiger partial charge in [-0.25, -0.2) is 0 Å². The number of carbonyl (C=O) groups is 1. The minimum Gasteiger partial charge on any atom is -0.487 e. The van der Waals surface area contributed by atoms with E-state index in [9.17, 15) is 25.1 Å². The molecule has 1 aliphatic heterocycles. The van der Waals surface area contributed by atoms with Crippen molar-refractivity contribution >= 4 is 11.7 Å². The van der Waals surface area contributed by atoms with Crippen molar-refractivity contribution in [3.63, 3.8) is 0 Å². The van der Waals surface area contributed by atoms with Crippen LogP contribution in [0.2, 0.25) is 0 Å². The molecule has 0 fully saturated rings. The van der Waals surface area contributed by atoms with Crippen LogP contribution in [0.5, 0.6) is 5.75 Å². The number of nitro benzene ring substituents is 1. The first-order valence-corrected chi connectivity index (χ1v) is 7.04. The van der Waals surface area contributed by atoms with Crippen molar-refractivity contribution in [2.24, 2.45) is 5.92 Å². The van der Waals surface area contributed by atoms with Crippen LogP contribution < -0.4 is 4.74 Å². The molecule has 0 bridgehead atoms. The normalized spacial score (nSPS) is 25.9. The van der Waals surface area contributed by atoms with Gasteiger partial charge in [-0.05, 0) is 26.3 Å². The van der Waals surface area contributed by atoms with Gasteiger partial charge in [-0.15, -0.1) is 0 Å². The van der Waals surface area contributed by atoms with Gasteiger partial charge in [-0.1, -0.05) is 6.92 Å². The first kappa shape index (κ1) is 16.2. The molecule has 1 aromatic carbocycles. The van der Waals surface area contributed by atoms with Gasteiger partial charge in [0, 0.05) is 23.6 Å². The number of ether oxygens (including phenoxy) is 1. The number of hydrogen-bond donors (Lipinski definition) is 2. The maximum atomic E-state index is 11.2. The smallest absolute Gasteiger partial charge is 0.306 e. The van der Waals surface area contributed by atoms with Crippen molar-refractivity contribution < 1.29 is 24.7 Å². The van der Waals surface area contributed by atoms with E-state index in [2.05, 4.69) is 0 Å². The Labute approximate surface area is 127 Å². The molecule has 1 heterocycles. The minimum atomic E-state index is -1.72. The van der Waals surface area contributed by atoms with Crippen molar-refractivity contribution in [1.29, 1.82) is 0 Å². The standard InChI is InChI=1S/C15H19NO6/c1-4-12-14(2,3)22-11-6-5-9(16(20)21)7-10(11)15(12,19)8-13(17)18/h5-7,12,19H,4,8H2,1-3H3,(H,17,18). The minimum absolute atomic E-state index is 0.162. The summed E-state index contributed by atoms with van der Waals surface area (Å²) in [5.74, 6) is -1.40. The highest BCUT2D eigenvalue weighted by molar-refractivity contribution is 5.69. The Kier molecular flexibility index (Phi) is 3.87. The number of carboxylic acid groups (broad SMARTS) is 1. The molecule has 1 aromatic rings. The van der Waals surface area contributed by atoms with E-state index < -0.39 is 34.4 Å². The molecule has 0 saturated heterocycles. The first-order chi connectivity index (χ1) is 10.1. The molecule has 22 heavy (non-hydrogen) atoms. The van der Waals surface area contributed by atoms with Gasteiger partial charge in [-0.2, -0.15) is 0 Å². The summed E-state index contributed by atoms with van der Waals surface area (Å²) in [6, 6.07) is 3.90. The Morgan fingerprint density at radius 3 is 2.59 bits per heavy atom. The number of benzene rings is 1. The van der Waals surface area contributed by atoms with Crippen LogP contribution in [-0.2, 0) is 10.4 Å². The second-order valence-corrected chi connectivity index (χ2v) is 6.10. The number of aliphatic carboxylic acids is 1. The lowest BCUT2D eigenvalue weighted by Crippen LogP contribution is -2.54. The van der Waals surface area contributed by atoms with Crippen LogP contribution in [0, 0.1) is 16.0 Å². The Hall–Kier alpha value is -2.15. The number of non-ortho nitro benzene ring substituents is 1. The van der Waals surface area contributed by atoms with E-state index >= 15 is 0 Å². The van der Waals surface area contributed by atoms with Crippen LogP contribution in [0.1, 0.15) is 39.2 Å². The maximum absolute atomic E-state index is 11.2. The lowest BCUT2D eigenvalue weighted by Gasteiger charge is -2.49. The summed E-state index contributed by atoms with van der Waals surface area (Å²) >= 11 is 0. The molecule has 2 rings (SSSR count). The molecule has 7 heteroatoms. The number of carboxylic acids is 1. The lowest BCUT2D eigenvalue weighted by molar-refractivity contribution is -0.385. The van der Waals surface area contributed by atoms with Crippen molar-refractivity contribution in [3.8, 4) is 5.75 Å². The monoisotopic (exact) mass is 309 g/mol. The Bertz CT molecular complexity index is 626. The largest absolute Gasteiger partial charge is 0.487 e. The first-order valence-electron chi connectivity index (χ1n) is 7.04. The van der Waals surface area contributed by atoms with Gasteiger partial charge in [0.25, 0.3) is 5.69 Å². The predicted octanol–water partition coefficient (Wildman–Crippen LogP) is 2.45. The van der Waals surface area contributed by atoms with E-state index in [1.807, 2.05) is 6.92 Å². The molecular weight excluding hydrogens is 290 g/mol.